The molecule has 0 heterocycles. The molecule has 0 radical (unpaired) electrons. The van der Waals surface area contributed by atoms with Gasteiger partial charge in [-0.3, -0.25) is 0 Å². The lowest BCUT2D eigenvalue weighted by Crippen LogP contribution is -2.47. The van der Waals surface area contributed by atoms with Gasteiger partial charge >= 0.3 is 0 Å². The van der Waals surface area contributed by atoms with Crippen LogP contribution in [0.5, 0.6) is 0 Å². The summed E-state index contributed by atoms with van der Waals surface area (Å²) in [4.78, 5) is 3.83. The highest BCUT2D eigenvalue weighted by Gasteiger charge is 2.33. The largest absolute Gasteiger partial charge is 0.375 e. The Balaban J connectivity index is 1.69. The van der Waals surface area contributed by atoms with E-state index in [-0.39, 0.29) is 91.8 Å². The summed E-state index contributed by atoms with van der Waals surface area (Å²) in [7, 11) is -9.36. The monoisotopic (exact) mass is 1020 g/mol. The molecule has 0 spiro atoms. The lowest BCUT2D eigenvalue weighted by atomic mass is 10.2. The van der Waals surface area contributed by atoms with Crippen LogP contribution in [0.15, 0.2) is 129 Å². The maximum Gasteiger partial charge on any atom is 0.243 e. The summed E-state index contributed by atoms with van der Waals surface area (Å²) in [6.07, 6.45) is 0.542. The number of hydrogen-bond acceptors (Lipinski definition) is 12. The van der Waals surface area contributed by atoms with Gasteiger partial charge in [0.15, 0.2) is 0 Å². The highest BCUT2D eigenvalue weighted by Crippen LogP contribution is 2.23. The Morgan fingerprint density at radius 2 is 0.721 bits per heavy atom. The minimum atomic E-state index is -4.29. The van der Waals surface area contributed by atoms with E-state index >= 15 is 0 Å². The zero-order chi connectivity index (χ0) is 50.3. The second kappa shape index (κ2) is 25.8. The van der Waals surface area contributed by atoms with Crippen LogP contribution in [0.2, 0.25) is 0 Å². The lowest BCUT2D eigenvalue weighted by Gasteiger charge is -2.31. The van der Waals surface area contributed by atoms with Crippen LogP contribution >= 0.6 is 0 Å². The van der Waals surface area contributed by atoms with E-state index in [1.54, 1.807) is 48.5 Å². The number of sulfonamides is 4. The molecule has 376 valence electrons. The van der Waals surface area contributed by atoms with E-state index in [0.29, 0.717) is 13.1 Å². The molecule has 4 rings (SSSR count). The molecular formula is C48H70N6O10S4. The van der Waals surface area contributed by atoms with Crippen molar-refractivity contribution in [3.63, 3.8) is 0 Å². The molecule has 68 heavy (non-hydrogen) atoms. The second-order valence-electron chi connectivity index (χ2n) is 17.3. The van der Waals surface area contributed by atoms with Gasteiger partial charge in [0.05, 0.1) is 45.5 Å². The van der Waals surface area contributed by atoms with Gasteiger partial charge in [-0.05, 0) is 104 Å². The highest BCUT2D eigenvalue weighted by atomic mass is 32.2. The molecule has 0 aliphatic carbocycles. The summed E-state index contributed by atoms with van der Waals surface area (Å²) in [6.45, 7) is 10.3. The molecule has 0 saturated heterocycles. The fourth-order valence-corrected chi connectivity index (χ4v) is 12.6. The van der Waals surface area contributed by atoms with Gasteiger partial charge in [-0.15, -0.1) is 6.58 Å². The minimum Gasteiger partial charge on any atom is -0.375 e. The van der Waals surface area contributed by atoms with Crippen molar-refractivity contribution in [2.75, 3.05) is 113 Å². The van der Waals surface area contributed by atoms with Crippen LogP contribution < -0.4 is 0 Å². The Morgan fingerprint density at radius 1 is 0.441 bits per heavy atom. The second-order valence-corrected chi connectivity index (χ2v) is 25.0. The summed E-state index contributed by atoms with van der Waals surface area (Å²) in [5.74, 6) is 0. The Hall–Kier alpha value is -3.90. The van der Waals surface area contributed by atoms with Gasteiger partial charge in [-0.25, -0.2) is 33.7 Å². The average molecular weight is 1020 g/mol. The third kappa shape index (κ3) is 16.3. The SMILES string of the molecule is C=CCOCC(CN(CCN(CCN(C)C)S(=O)(=O)c1ccc(C)cc1)S(=O)(=O)c1ccc(C)cc1)OCCN(CCN(CCN(C)C)S(=O)(=O)c1ccc(C)cc1)S(=O)(=O)c1ccc(C)cc1. The summed E-state index contributed by atoms with van der Waals surface area (Å²) in [5.41, 5.74) is 3.45. The maximum atomic E-state index is 14.6. The predicted octanol–water partition coefficient (Wildman–Crippen LogP) is 4.69. The number of hydrogen-bond donors (Lipinski definition) is 0. The normalized spacial score (nSPS) is 13.4. The molecule has 4 aromatic carbocycles. The van der Waals surface area contributed by atoms with E-state index in [4.69, 9.17) is 9.47 Å². The van der Waals surface area contributed by atoms with Crippen LogP contribution in [0.3, 0.4) is 0 Å². The third-order valence-corrected chi connectivity index (χ3v) is 18.7. The molecule has 0 fully saturated rings. The molecule has 0 amide bonds. The van der Waals surface area contributed by atoms with Crippen LogP contribution in [-0.4, -0.2) is 180 Å². The van der Waals surface area contributed by atoms with Gasteiger partial charge in [-0.2, -0.15) is 17.2 Å². The molecular weight excluding hydrogens is 949 g/mol. The van der Waals surface area contributed by atoms with E-state index in [1.165, 1.54) is 71.8 Å². The van der Waals surface area contributed by atoms with E-state index in [9.17, 15) is 33.7 Å². The zero-order valence-corrected chi connectivity index (χ0v) is 44.0. The van der Waals surface area contributed by atoms with Crippen molar-refractivity contribution in [1.82, 2.24) is 27.0 Å². The van der Waals surface area contributed by atoms with Crippen LogP contribution in [0.1, 0.15) is 22.3 Å². The fraction of sp³-hybridized carbons (Fsp3) is 0.458. The Kier molecular flexibility index (Phi) is 21.5. The first-order valence-corrected chi connectivity index (χ1v) is 28.1. The molecule has 16 nitrogen and oxygen atoms in total. The van der Waals surface area contributed by atoms with Gasteiger partial charge < -0.3 is 19.3 Å². The van der Waals surface area contributed by atoms with Crippen LogP contribution in [0.25, 0.3) is 0 Å². The Morgan fingerprint density at radius 3 is 1.03 bits per heavy atom. The van der Waals surface area contributed by atoms with Gasteiger partial charge in [0, 0.05) is 65.4 Å². The molecule has 0 aliphatic heterocycles. The van der Waals surface area contributed by atoms with Crippen LogP contribution in [-0.2, 0) is 49.6 Å². The minimum absolute atomic E-state index is 0.00461. The van der Waals surface area contributed by atoms with Crippen molar-refractivity contribution < 1.29 is 43.1 Å². The summed E-state index contributed by atoms with van der Waals surface area (Å²) < 4.78 is 131. The van der Waals surface area contributed by atoms with Gasteiger partial charge in [0.2, 0.25) is 40.1 Å². The summed E-state index contributed by atoms with van der Waals surface area (Å²) in [5, 5.41) is 0. The van der Waals surface area contributed by atoms with Crippen molar-refractivity contribution in [2.45, 2.75) is 53.4 Å². The number of rotatable bonds is 30. The first-order valence-electron chi connectivity index (χ1n) is 22.4. The molecule has 4 aromatic rings. The van der Waals surface area contributed by atoms with E-state index in [2.05, 4.69) is 6.58 Å². The summed E-state index contributed by atoms with van der Waals surface area (Å²) >= 11 is 0. The molecule has 1 atom stereocenters. The first kappa shape index (κ1) is 56.7. The first-order chi connectivity index (χ1) is 32.0. The number of likely N-dealkylation sites (N-methyl/N-ethyl adjacent to an activating group) is 2. The Labute approximate surface area is 407 Å². The molecule has 0 bridgehead atoms. The molecule has 0 N–H and O–H groups in total. The quantitative estimate of drug-likeness (QED) is 0.0522. The molecule has 1 unspecified atom stereocenters. The smallest absolute Gasteiger partial charge is 0.243 e. The molecule has 20 heteroatoms. The van der Waals surface area contributed by atoms with Gasteiger partial charge in [0.1, 0.15) is 0 Å². The maximum absolute atomic E-state index is 14.6. The number of ether oxygens (including phenoxy) is 2. The van der Waals surface area contributed by atoms with Gasteiger partial charge in [0.25, 0.3) is 0 Å². The van der Waals surface area contributed by atoms with E-state index in [0.717, 1.165) is 22.3 Å². The topological polar surface area (TPSA) is 174 Å². The zero-order valence-electron chi connectivity index (χ0n) is 40.7. The van der Waals surface area contributed by atoms with Crippen molar-refractivity contribution in [1.29, 1.82) is 0 Å². The number of benzene rings is 4. The van der Waals surface area contributed by atoms with Crippen LogP contribution in [0, 0.1) is 27.7 Å². The standard InChI is InChI=1S/C48H70N6O10S4/c1-10-36-63-39-44(38-54(68(61,62)48-25-17-43(5)18-26-48)34-33-52(30-28-50(8)9)66(57,58)46-21-13-41(3)14-22-46)64-37-35-53(67(59,60)47-23-15-42(4)16-24-47)32-31-51(29-27-49(6)7)65(55,56)45-19-11-40(2)12-20-45/h10-26,44H,1,27-39H2,2-9H3. The molecule has 0 saturated carbocycles. The lowest BCUT2D eigenvalue weighted by molar-refractivity contribution is -0.0202. The fourth-order valence-electron chi connectivity index (χ4n) is 6.86. The summed E-state index contributed by atoms with van der Waals surface area (Å²) in [6, 6.07) is 25.6. The van der Waals surface area contributed by atoms with E-state index in [1.807, 2.05) is 65.7 Å². The molecule has 0 aliphatic rings. The number of aryl methyl sites for hydroxylation is 4. The van der Waals surface area contributed by atoms with Gasteiger partial charge in [-0.1, -0.05) is 76.9 Å². The van der Waals surface area contributed by atoms with Crippen molar-refractivity contribution in [3.05, 3.63) is 132 Å². The Bertz CT molecular complexity index is 2650. The van der Waals surface area contributed by atoms with Crippen molar-refractivity contribution in [3.8, 4) is 0 Å². The average Bonchev–Trinajstić information content (AvgIpc) is 3.27. The van der Waals surface area contributed by atoms with Crippen molar-refractivity contribution in [2.24, 2.45) is 0 Å². The molecule has 0 aromatic heterocycles. The number of nitrogens with zero attached hydrogens (tertiary/aromatic N) is 6. The third-order valence-electron chi connectivity index (χ3n) is 11.1. The van der Waals surface area contributed by atoms with E-state index < -0.39 is 46.2 Å². The van der Waals surface area contributed by atoms with Crippen molar-refractivity contribution >= 4 is 40.1 Å². The predicted molar refractivity (Wildman–Crippen MR) is 268 cm³/mol. The van der Waals surface area contributed by atoms with Crippen LogP contribution in [0.4, 0.5) is 0 Å². The highest BCUT2D eigenvalue weighted by molar-refractivity contribution is 7.90.